The lowest BCUT2D eigenvalue weighted by molar-refractivity contribution is -0.117. The Morgan fingerprint density at radius 3 is 1.28 bits per heavy atom. The van der Waals surface area contributed by atoms with Crippen LogP contribution < -0.4 is 10.6 Å². The zero-order chi connectivity index (χ0) is 27.5. The molecule has 2 N–H and O–H groups in total. The minimum absolute atomic E-state index is 0.0550. The lowest BCUT2D eigenvalue weighted by atomic mass is 10.1. The summed E-state index contributed by atoms with van der Waals surface area (Å²) in [4.78, 5) is 55.4. The minimum atomic E-state index is -0.240. The van der Waals surface area contributed by atoms with E-state index in [-0.39, 0.29) is 36.5 Å². The fourth-order valence-electron chi connectivity index (χ4n) is 5.28. The van der Waals surface area contributed by atoms with Gasteiger partial charge in [-0.05, 0) is 56.4 Å². The normalized spacial score (nSPS) is 16.1. The van der Waals surface area contributed by atoms with Crippen LogP contribution in [0, 0.1) is 0 Å². The molecule has 8 nitrogen and oxygen atoms in total. The van der Waals surface area contributed by atoms with Crippen molar-refractivity contribution in [1.82, 2.24) is 9.80 Å². The number of nitrogens with zero attached hydrogens (tertiary/aromatic N) is 2. The van der Waals surface area contributed by atoms with Crippen molar-refractivity contribution < 1.29 is 19.2 Å². The fourth-order valence-corrected chi connectivity index (χ4v) is 5.28. The Bertz CT molecular complexity index is 1060. The van der Waals surface area contributed by atoms with E-state index < -0.39 is 0 Å². The van der Waals surface area contributed by atoms with E-state index in [1.807, 2.05) is 9.80 Å². The number of para-hydroxylation sites is 2. The van der Waals surface area contributed by atoms with Crippen molar-refractivity contribution in [2.24, 2.45) is 0 Å². The van der Waals surface area contributed by atoms with Gasteiger partial charge in [-0.2, -0.15) is 0 Å². The summed E-state index contributed by atoms with van der Waals surface area (Å²) in [6, 6.07) is 14.2. The van der Waals surface area contributed by atoms with Crippen molar-refractivity contribution in [2.75, 3.05) is 36.8 Å². The van der Waals surface area contributed by atoms with E-state index in [1.54, 1.807) is 48.5 Å². The number of amides is 4. The lowest BCUT2D eigenvalue weighted by Crippen LogP contribution is -2.32. The Hall–Kier alpha value is -3.68. The molecule has 2 saturated heterocycles. The number of benzene rings is 2. The van der Waals surface area contributed by atoms with Crippen LogP contribution in [-0.4, -0.2) is 59.6 Å². The Labute approximate surface area is 231 Å². The second-order valence-electron chi connectivity index (χ2n) is 10.5. The van der Waals surface area contributed by atoms with Gasteiger partial charge in [-0.1, -0.05) is 49.9 Å². The quantitative estimate of drug-likeness (QED) is 0.471. The van der Waals surface area contributed by atoms with Crippen LogP contribution >= 0.6 is 0 Å². The highest BCUT2D eigenvalue weighted by atomic mass is 16.2. The van der Waals surface area contributed by atoms with Crippen molar-refractivity contribution >= 4 is 35.0 Å². The van der Waals surface area contributed by atoms with Crippen LogP contribution in [-0.2, 0) is 9.59 Å². The molecule has 0 radical (unpaired) electrons. The van der Waals surface area contributed by atoms with Crippen LogP contribution in [0.1, 0.15) is 91.3 Å². The monoisotopic (exact) mass is 532 g/mol. The third-order valence-corrected chi connectivity index (χ3v) is 7.46. The molecule has 8 heteroatoms. The van der Waals surface area contributed by atoms with E-state index in [0.717, 1.165) is 77.5 Å². The predicted octanol–water partition coefficient (Wildman–Crippen LogP) is 5.47. The Kier molecular flexibility index (Phi) is 10.5. The second-order valence-corrected chi connectivity index (χ2v) is 10.5. The van der Waals surface area contributed by atoms with E-state index >= 15 is 0 Å². The molecule has 0 aliphatic carbocycles. The molecule has 2 aromatic rings. The van der Waals surface area contributed by atoms with Gasteiger partial charge in [0, 0.05) is 39.0 Å². The van der Waals surface area contributed by atoms with Gasteiger partial charge in [0.2, 0.25) is 11.8 Å². The van der Waals surface area contributed by atoms with Crippen LogP contribution in [0.5, 0.6) is 0 Å². The van der Waals surface area contributed by atoms with Crippen LogP contribution in [0.25, 0.3) is 0 Å². The summed E-state index contributed by atoms with van der Waals surface area (Å²) in [5.41, 5.74) is 2.00. The maximum absolute atomic E-state index is 13.1. The van der Waals surface area contributed by atoms with Gasteiger partial charge in [-0.3, -0.25) is 19.2 Å². The standard InChI is InChI=1S/C31H40N4O4/c36-28(32-26-16-7-5-14-24(26)30(38)34-20-9-1-2-10-21-34)18-13-19-29(37)33-27-17-8-6-15-25(27)31(39)35-22-11-3-4-12-23-35/h5-8,14-17H,1-4,9-13,18-23H2,(H,32,36)(H,33,37). The molecular formula is C31H40N4O4. The predicted molar refractivity (Wildman–Crippen MR) is 153 cm³/mol. The first kappa shape index (κ1) is 28.3. The van der Waals surface area contributed by atoms with Gasteiger partial charge in [0.05, 0.1) is 22.5 Å². The smallest absolute Gasteiger partial charge is 0.255 e. The van der Waals surface area contributed by atoms with Gasteiger partial charge in [0.1, 0.15) is 0 Å². The second kappa shape index (κ2) is 14.5. The summed E-state index contributed by atoms with van der Waals surface area (Å²) < 4.78 is 0. The summed E-state index contributed by atoms with van der Waals surface area (Å²) in [5, 5.41) is 5.73. The molecule has 0 bridgehead atoms. The number of carbonyl (C=O) groups is 4. The van der Waals surface area contributed by atoms with Gasteiger partial charge < -0.3 is 20.4 Å². The number of rotatable bonds is 8. The zero-order valence-corrected chi connectivity index (χ0v) is 22.8. The Morgan fingerprint density at radius 2 is 0.897 bits per heavy atom. The summed E-state index contributed by atoms with van der Waals surface area (Å²) in [6.07, 6.45) is 9.18. The number of hydrogen-bond donors (Lipinski definition) is 2. The van der Waals surface area contributed by atoms with Crippen LogP contribution in [0.15, 0.2) is 48.5 Å². The van der Waals surface area contributed by atoms with Gasteiger partial charge in [0.15, 0.2) is 0 Å². The van der Waals surface area contributed by atoms with Crippen LogP contribution in [0.2, 0.25) is 0 Å². The minimum Gasteiger partial charge on any atom is -0.339 e. The maximum atomic E-state index is 13.1. The molecule has 0 aromatic heterocycles. The molecule has 2 aliphatic heterocycles. The molecule has 4 amide bonds. The van der Waals surface area contributed by atoms with Gasteiger partial charge in [-0.25, -0.2) is 0 Å². The van der Waals surface area contributed by atoms with E-state index in [0.29, 0.717) is 28.9 Å². The SMILES string of the molecule is O=C(CCCC(=O)Nc1ccccc1C(=O)N1CCCCCC1)Nc1ccccc1C(=O)N1CCCCCC1. The Morgan fingerprint density at radius 1 is 0.538 bits per heavy atom. The molecule has 0 atom stereocenters. The average molecular weight is 533 g/mol. The van der Waals surface area contributed by atoms with Crippen LogP contribution in [0.4, 0.5) is 11.4 Å². The van der Waals surface area contributed by atoms with E-state index in [1.165, 1.54) is 0 Å². The summed E-state index contributed by atoms with van der Waals surface area (Å²) in [7, 11) is 0. The molecule has 2 heterocycles. The molecule has 208 valence electrons. The summed E-state index contributed by atoms with van der Waals surface area (Å²) >= 11 is 0. The third kappa shape index (κ3) is 8.15. The zero-order valence-electron chi connectivity index (χ0n) is 22.8. The van der Waals surface area contributed by atoms with E-state index in [4.69, 9.17) is 0 Å². The number of carbonyl (C=O) groups excluding carboxylic acids is 4. The molecule has 0 spiro atoms. The van der Waals surface area contributed by atoms with Crippen LogP contribution in [0.3, 0.4) is 0 Å². The largest absolute Gasteiger partial charge is 0.339 e. The molecule has 0 unspecified atom stereocenters. The number of hydrogen-bond acceptors (Lipinski definition) is 4. The third-order valence-electron chi connectivity index (χ3n) is 7.46. The first-order valence-electron chi connectivity index (χ1n) is 14.4. The molecule has 2 aliphatic rings. The summed E-state index contributed by atoms with van der Waals surface area (Å²) in [6.45, 7) is 2.96. The van der Waals surface area contributed by atoms with Crippen molar-refractivity contribution in [2.45, 2.75) is 70.6 Å². The van der Waals surface area contributed by atoms with Gasteiger partial charge >= 0.3 is 0 Å². The van der Waals surface area contributed by atoms with Crippen molar-refractivity contribution in [3.8, 4) is 0 Å². The van der Waals surface area contributed by atoms with Crippen molar-refractivity contribution in [3.05, 3.63) is 59.7 Å². The molecular weight excluding hydrogens is 492 g/mol. The van der Waals surface area contributed by atoms with Gasteiger partial charge in [-0.15, -0.1) is 0 Å². The maximum Gasteiger partial charge on any atom is 0.255 e. The van der Waals surface area contributed by atoms with Gasteiger partial charge in [0.25, 0.3) is 11.8 Å². The molecule has 39 heavy (non-hydrogen) atoms. The number of nitrogens with one attached hydrogen (secondary N) is 2. The number of anilines is 2. The molecule has 2 aromatic carbocycles. The van der Waals surface area contributed by atoms with Crippen molar-refractivity contribution in [1.29, 1.82) is 0 Å². The molecule has 2 fully saturated rings. The highest BCUT2D eigenvalue weighted by Crippen LogP contribution is 2.22. The van der Waals surface area contributed by atoms with E-state index in [2.05, 4.69) is 10.6 Å². The lowest BCUT2D eigenvalue weighted by Gasteiger charge is -2.22. The number of likely N-dealkylation sites (tertiary alicyclic amines) is 2. The fraction of sp³-hybridized carbons (Fsp3) is 0.484. The topological polar surface area (TPSA) is 98.8 Å². The first-order chi connectivity index (χ1) is 19.0. The van der Waals surface area contributed by atoms with Crippen molar-refractivity contribution in [3.63, 3.8) is 0 Å². The molecule has 4 rings (SSSR count). The average Bonchev–Trinajstić information content (AvgIpc) is 3.39. The highest BCUT2D eigenvalue weighted by Gasteiger charge is 2.22. The Balaban J connectivity index is 1.28. The van der Waals surface area contributed by atoms with E-state index in [9.17, 15) is 19.2 Å². The summed E-state index contributed by atoms with van der Waals surface area (Å²) in [5.74, 6) is -0.590. The molecule has 0 saturated carbocycles. The highest BCUT2D eigenvalue weighted by molar-refractivity contribution is 6.05. The first-order valence-corrected chi connectivity index (χ1v) is 14.4.